The monoisotopic (exact) mass is 249 g/mol. The molecule has 0 aliphatic heterocycles. The minimum atomic E-state index is -0.828. The van der Waals surface area contributed by atoms with Crippen molar-refractivity contribution < 1.29 is 19.5 Å². The second-order valence-corrected chi connectivity index (χ2v) is 3.85. The molecule has 0 heterocycles. The zero-order valence-corrected chi connectivity index (χ0v) is 9.89. The number of rotatable bonds is 7. The zero-order valence-electron chi connectivity index (χ0n) is 9.89. The van der Waals surface area contributed by atoms with Crippen LogP contribution in [-0.4, -0.2) is 29.8 Å². The predicted octanol–water partition coefficient (Wildman–Crippen LogP) is 1.48. The van der Waals surface area contributed by atoms with Crippen molar-refractivity contribution in [1.29, 1.82) is 0 Å². The Hall–Kier alpha value is -2.17. The van der Waals surface area contributed by atoms with Gasteiger partial charge < -0.3 is 10.4 Å². The molecule has 0 aliphatic rings. The van der Waals surface area contributed by atoms with Crippen molar-refractivity contribution in [3.8, 4) is 0 Å². The molecule has 0 bridgehead atoms. The van der Waals surface area contributed by atoms with E-state index in [-0.39, 0.29) is 12.3 Å². The predicted molar refractivity (Wildman–Crippen MR) is 65.6 cm³/mol. The van der Waals surface area contributed by atoms with Crippen LogP contribution in [0.1, 0.15) is 40.0 Å². The van der Waals surface area contributed by atoms with Crippen LogP contribution >= 0.6 is 0 Å². The summed E-state index contributed by atoms with van der Waals surface area (Å²) in [5, 5.41) is 11.1. The first kappa shape index (κ1) is 13.9. The number of unbranched alkanes of at least 4 members (excludes halogenated alkanes) is 1. The highest BCUT2D eigenvalue weighted by molar-refractivity contribution is 5.94. The summed E-state index contributed by atoms with van der Waals surface area (Å²) >= 11 is 0. The standard InChI is InChI=1S/C13H15NO4/c15-9-10-4-6-11(7-5-10)13(18)14-8-2-1-3-12(16)17/h4-7,9H,1-3,8H2,(H,14,18)(H,16,17). The molecule has 0 unspecified atom stereocenters. The van der Waals surface area contributed by atoms with Crippen molar-refractivity contribution in [1.82, 2.24) is 5.32 Å². The Labute approximate surface area is 105 Å². The lowest BCUT2D eigenvalue weighted by Gasteiger charge is -2.04. The Kier molecular flexibility index (Phi) is 5.57. The van der Waals surface area contributed by atoms with Crippen LogP contribution in [-0.2, 0) is 4.79 Å². The van der Waals surface area contributed by atoms with Gasteiger partial charge in [-0.2, -0.15) is 0 Å². The van der Waals surface area contributed by atoms with Crippen molar-refractivity contribution >= 4 is 18.2 Å². The number of aldehydes is 1. The smallest absolute Gasteiger partial charge is 0.303 e. The average Bonchev–Trinajstić information content (AvgIpc) is 2.38. The number of aliphatic carboxylic acids is 1. The van der Waals surface area contributed by atoms with Gasteiger partial charge in [0.2, 0.25) is 0 Å². The van der Waals surface area contributed by atoms with Crippen LogP contribution in [0.5, 0.6) is 0 Å². The van der Waals surface area contributed by atoms with Gasteiger partial charge in [-0.05, 0) is 25.0 Å². The Morgan fingerprint density at radius 3 is 2.39 bits per heavy atom. The van der Waals surface area contributed by atoms with Crippen LogP contribution < -0.4 is 5.32 Å². The van der Waals surface area contributed by atoms with Crippen LogP contribution in [0.25, 0.3) is 0 Å². The number of carbonyl (C=O) groups excluding carboxylic acids is 2. The molecule has 0 aliphatic carbocycles. The fourth-order valence-electron chi connectivity index (χ4n) is 1.42. The fourth-order valence-corrected chi connectivity index (χ4v) is 1.42. The van der Waals surface area contributed by atoms with Gasteiger partial charge in [0.15, 0.2) is 0 Å². The first-order valence-corrected chi connectivity index (χ1v) is 5.68. The maximum absolute atomic E-state index is 11.6. The largest absolute Gasteiger partial charge is 0.481 e. The average molecular weight is 249 g/mol. The molecule has 18 heavy (non-hydrogen) atoms. The Morgan fingerprint density at radius 1 is 1.17 bits per heavy atom. The SMILES string of the molecule is O=Cc1ccc(C(=O)NCCCCC(=O)O)cc1. The van der Waals surface area contributed by atoms with E-state index >= 15 is 0 Å². The van der Waals surface area contributed by atoms with E-state index in [9.17, 15) is 14.4 Å². The van der Waals surface area contributed by atoms with Gasteiger partial charge in [0.1, 0.15) is 6.29 Å². The van der Waals surface area contributed by atoms with Gasteiger partial charge in [-0.1, -0.05) is 12.1 Å². The highest BCUT2D eigenvalue weighted by atomic mass is 16.4. The number of carboxylic acid groups (broad SMARTS) is 1. The molecule has 0 saturated carbocycles. The molecule has 0 atom stereocenters. The third-order valence-electron chi connectivity index (χ3n) is 2.41. The third-order valence-corrected chi connectivity index (χ3v) is 2.41. The molecule has 1 amide bonds. The molecule has 0 fully saturated rings. The molecule has 1 aromatic carbocycles. The van der Waals surface area contributed by atoms with E-state index in [1.807, 2.05) is 0 Å². The summed E-state index contributed by atoms with van der Waals surface area (Å²) in [7, 11) is 0. The van der Waals surface area contributed by atoms with Crippen LogP contribution in [0.4, 0.5) is 0 Å². The number of carbonyl (C=O) groups is 3. The van der Waals surface area contributed by atoms with E-state index in [1.54, 1.807) is 24.3 Å². The van der Waals surface area contributed by atoms with E-state index in [1.165, 1.54) is 0 Å². The zero-order chi connectivity index (χ0) is 13.4. The quantitative estimate of drug-likeness (QED) is 0.566. The summed E-state index contributed by atoms with van der Waals surface area (Å²) < 4.78 is 0. The Morgan fingerprint density at radius 2 is 1.83 bits per heavy atom. The lowest BCUT2D eigenvalue weighted by Crippen LogP contribution is -2.24. The molecular weight excluding hydrogens is 234 g/mol. The second-order valence-electron chi connectivity index (χ2n) is 3.85. The van der Waals surface area contributed by atoms with Gasteiger partial charge in [0.05, 0.1) is 0 Å². The highest BCUT2D eigenvalue weighted by Crippen LogP contribution is 2.02. The number of benzene rings is 1. The molecular formula is C13H15NO4. The van der Waals surface area contributed by atoms with Crippen molar-refractivity contribution in [2.75, 3.05) is 6.54 Å². The molecule has 96 valence electrons. The van der Waals surface area contributed by atoms with Gasteiger partial charge in [-0.3, -0.25) is 14.4 Å². The molecule has 0 spiro atoms. The summed E-state index contributed by atoms with van der Waals surface area (Å²) in [5.74, 6) is -1.05. The minimum Gasteiger partial charge on any atom is -0.481 e. The second kappa shape index (κ2) is 7.21. The molecule has 1 rings (SSSR count). The number of carboxylic acids is 1. The molecule has 2 N–H and O–H groups in total. The third kappa shape index (κ3) is 4.78. The fraction of sp³-hybridized carbons (Fsp3) is 0.308. The molecule has 0 saturated heterocycles. The molecule has 0 aromatic heterocycles. The molecule has 5 heteroatoms. The van der Waals surface area contributed by atoms with Crippen LogP contribution in [0, 0.1) is 0 Å². The van der Waals surface area contributed by atoms with Crippen LogP contribution in [0.3, 0.4) is 0 Å². The lowest BCUT2D eigenvalue weighted by atomic mass is 10.1. The van der Waals surface area contributed by atoms with Crippen molar-refractivity contribution in [3.63, 3.8) is 0 Å². The summed E-state index contributed by atoms with van der Waals surface area (Å²) in [6.07, 6.45) is 2.00. The number of amides is 1. The van der Waals surface area contributed by atoms with E-state index in [0.29, 0.717) is 36.8 Å². The van der Waals surface area contributed by atoms with E-state index in [4.69, 9.17) is 5.11 Å². The first-order valence-electron chi connectivity index (χ1n) is 5.68. The van der Waals surface area contributed by atoms with Crippen molar-refractivity contribution in [2.45, 2.75) is 19.3 Å². The highest BCUT2D eigenvalue weighted by Gasteiger charge is 2.04. The summed E-state index contributed by atoms with van der Waals surface area (Å²) in [4.78, 5) is 32.3. The normalized spacial score (nSPS) is 9.78. The first-order chi connectivity index (χ1) is 8.63. The number of hydrogen-bond donors (Lipinski definition) is 2. The van der Waals surface area contributed by atoms with E-state index in [0.717, 1.165) is 0 Å². The molecule has 0 radical (unpaired) electrons. The van der Waals surface area contributed by atoms with Gasteiger partial charge in [0.25, 0.3) is 5.91 Å². The molecule has 5 nitrogen and oxygen atoms in total. The Balaban J connectivity index is 2.31. The van der Waals surface area contributed by atoms with Crippen molar-refractivity contribution in [2.24, 2.45) is 0 Å². The van der Waals surface area contributed by atoms with E-state index in [2.05, 4.69) is 5.32 Å². The maximum Gasteiger partial charge on any atom is 0.303 e. The summed E-state index contributed by atoms with van der Waals surface area (Å²) in [5.41, 5.74) is 1.01. The van der Waals surface area contributed by atoms with Gasteiger partial charge in [-0.15, -0.1) is 0 Å². The van der Waals surface area contributed by atoms with Gasteiger partial charge >= 0.3 is 5.97 Å². The van der Waals surface area contributed by atoms with Crippen LogP contribution in [0.15, 0.2) is 24.3 Å². The number of nitrogens with one attached hydrogen (secondary N) is 1. The number of hydrogen-bond acceptors (Lipinski definition) is 3. The summed E-state index contributed by atoms with van der Waals surface area (Å²) in [6.45, 7) is 0.446. The van der Waals surface area contributed by atoms with Gasteiger partial charge in [-0.25, -0.2) is 0 Å². The lowest BCUT2D eigenvalue weighted by molar-refractivity contribution is -0.137. The Bertz CT molecular complexity index is 425. The molecule has 1 aromatic rings. The minimum absolute atomic E-state index is 0.115. The summed E-state index contributed by atoms with van der Waals surface area (Å²) in [6, 6.07) is 6.31. The van der Waals surface area contributed by atoms with Gasteiger partial charge in [0, 0.05) is 24.1 Å². The maximum atomic E-state index is 11.6. The van der Waals surface area contributed by atoms with Crippen LogP contribution in [0.2, 0.25) is 0 Å². The topological polar surface area (TPSA) is 83.5 Å². The van der Waals surface area contributed by atoms with Crippen molar-refractivity contribution in [3.05, 3.63) is 35.4 Å². The van der Waals surface area contributed by atoms with E-state index < -0.39 is 5.97 Å².